The smallest absolute Gasteiger partial charge is 0.129 e. The van der Waals surface area contributed by atoms with Crippen LogP contribution in [-0.2, 0) is 6.42 Å². The van der Waals surface area contributed by atoms with Crippen molar-refractivity contribution in [2.75, 3.05) is 0 Å². The third-order valence-corrected chi connectivity index (χ3v) is 4.35. The minimum absolute atomic E-state index is 0.495. The summed E-state index contributed by atoms with van der Waals surface area (Å²) < 4.78 is 0. The number of fused-ring (bicyclic) bond motifs is 3. The summed E-state index contributed by atoms with van der Waals surface area (Å²) in [6.45, 7) is 2.17. The molecule has 0 aliphatic heterocycles. The highest BCUT2D eigenvalue weighted by Crippen LogP contribution is 2.30. The summed E-state index contributed by atoms with van der Waals surface area (Å²) in [6, 6.07) is 20.5. The maximum atomic E-state index is 6.11. The standard InChI is InChI=1S/C20H15ClN2/c1-2-13-12-17(14-6-4-3-5-7-14)22-20-16(13)10-8-15-9-11-18(21)23-19(15)20/h3-12H,2H2,1H3. The number of aromatic nitrogens is 2. The molecule has 2 aromatic carbocycles. The van der Waals surface area contributed by atoms with Crippen molar-refractivity contribution in [2.45, 2.75) is 13.3 Å². The zero-order chi connectivity index (χ0) is 15.8. The Kier molecular flexibility index (Phi) is 3.47. The number of aryl methyl sites for hydroxylation is 1. The highest BCUT2D eigenvalue weighted by Gasteiger charge is 2.10. The van der Waals surface area contributed by atoms with Crippen LogP contribution in [0.4, 0.5) is 0 Å². The van der Waals surface area contributed by atoms with E-state index >= 15 is 0 Å². The van der Waals surface area contributed by atoms with Crippen LogP contribution in [0, 0.1) is 0 Å². The van der Waals surface area contributed by atoms with Gasteiger partial charge in [0.25, 0.3) is 0 Å². The van der Waals surface area contributed by atoms with Crippen molar-refractivity contribution >= 4 is 33.4 Å². The molecule has 0 saturated heterocycles. The van der Waals surface area contributed by atoms with Crippen LogP contribution in [0.25, 0.3) is 33.1 Å². The van der Waals surface area contributed by atoms with Crippen LogP contribution >= 0.6 is 11.6 Å². The van der Waals surface area contributed by atoms with Gasteiger partial charge in [0.2, 0.25) is 0 Å². The molecule has 0 radical (unpaired) electrons. The molecule has 4 rings (SSSR count). The lowest BCUT2D eigenvalue weighted by Crippen LogP contribution is -1.94. The van der Waals surface area contributed by atoms with Crippen molar-refractivity contribution in [3.63, 3.8) is 0 Å². The van der Waals surface area contributed by atoms with E-state index in [-0.39, 0.29) is 0 Å². The van der Waals surface area contributed by atoms with Crippen molar-refractivity contribution in [3.05, 3.63) is 71.4 Å². The van der Waals surface area contributed by atoms with Crippen LogP contribution in [0.3, 0.4) is 0 Å². The minimum atomic E-state index is 0.495. The Balaban J connectivity index is 2.11. The van der Waals surface area contributed by atoms with E-state index in [0.717, 1.165) is 39.5 Å². The molecule has 0 aliphatic rings. The fourth-order valence-corrected chi connectivity index (χ4v) is 3.11. The van der Waals surface area contributed by atoms with E-state index in [4.69, 9.17) is 16.6 Å². The van der Waals surface area contributed by atoms with Gasteiger partial charge in [0.1, 0.15) is 5.15 Å². The number of benzene rings is 2. The van der Waals surface area contributed by atoms with E-state index in [1.54, 1.807) is 0 Å². The molecule has 2 aromatic heterocycles. The van der Waals surface area contributed by atoms with Gasteiger partial charge >= 0.3 is 0 Å². The molecule has 0 spiro atoms. The van der Waals surface area contributed by atoms with Crippen molar-refractivity contribution in [1.29, 1.82) is 0 Å². The predicted octanol–water partition coefficient (Wildman–Crippen LogP) is 5.67. The van der Waals surface area contributed by atoms with Crippen molar-refractivity contribution < 1.29 is 0 Å². The van der Waals surface area contributed by atoms with Crippen LogP contribution in [0.15, 0.2) is 60.7 Å². The molecule has 2 nitrogen and oxygen atoms in total. The monoisotopic (exact) mass is 318 g/mol. The highest BCUT2D eigenvalue weighted by atomic mass is 35.5. The largest absolute Gasteiger partial charge is 0.245 e. The van der Waals surface area contributed by atoms with Gasteiger partial charge in [0.15, 0.2) is 0 Å². The second kappa shape index (κ2) is 5.64. The van der Waals surface area contributed by atoms with Crippen molar-refractivity contribution in [2.24, 2.45) is 0 Å². The average Bonchev–Trinajstić information content (AvgIpc) is 2.61. The minimum Gasteiger partial charge on any atom is -0.245 e. The molecule has 0 aliphatic carbocycles. The Bertz CT molecular complexity index is 1010. The van der Waals surface area contributed by atoms with Crippen LogP contribution in [0.2, 0.25) is 5.15 Å². The lowest BCUT2D eigenvalue weighted by atomic mass is 10.0. The summed E-state index contributed by atoms with van der Waals surface area (Å²) >= 11 is 6.11. The molecule has 0 saturated carbocycles. The van der Waals surface area contributed by atoms with Crippen LogP contribution in [-0.4, -0.2) is 9.97 Å². The van der Waals surface area contributed by atoms with Crippen LogP contribution in [0.5, 0.6) is 0 Å². The number of rotatable bonds is 2. The van der Waals surface area contributed by atoms with E-state index in [1.807, 2.05) is 30.3 Å². The third kappa shape index (κ3) is 2.45. The van der Waals surface area contributed by atoms with Gasteiger partial charge in [-0.2, -0.15) is 0 Å². The summed E-state index contributed by atoms with van der Waals surface area (Å²) in [5.41, 5.74) is 5.15. The first-order valence-electron chi connectivity index (χ1n) is 7.70. The normalized spacial score (nSPS) is 11.2. The van der Waals surface area contributed by atoms with Crippen LogP contribution in [0.1, 0.15) is 12.5 Å². The Morgan fingerprint density at radius 1 is 0.870 bits per heavy atom. The fourth-order valence-electron chi connectivity index (χ4n) is 2.97. The fraction of sp³-hybridized carbons (Fsp3) is 0.100. The molecule has 0 N–H and O–H groups in total. The Morgan fingerprint density at radius 2 is 1.65 bits per heavy atom. The van der Waals surface area contributed by atoms with Gasteiger partial charge in [-0.05, 0) is 30.2 Å². The first-order valence-corrected chi connectivity index (χ1v) is 8.08. The molecule has 0 amide bonds. The molecule has 0 bridgehead atoms. The second-order valence-corrected chi connectivity index (χ2v) is 5.94. The molecule has 0 unspecified atom stereocenters. The number of pyridine rings is 2. The summed E-state index contributed by atoms with van der Waals surface area (Å²) in [4.78, 5) is 9.42. The molecule has 4 aromatic rings. The molecule has 2 heterocycles. The predicted molar refractivity (Wildman–Crippen MR) is 96.9 cm³/mol. The summed E-state index contributed by atoms with van der Waals surface area (Å²) in [7, 11) is 0. The molecule has 0 atom stereocenters. The zero-order valence-electron chi connectivity index (χ0n) is 12.8. The zero-order valence-corrected chi connectivity index (χ0v) is 13.5. The maximum Gasteiger partial charge on any atom is 0.129 e. The topological polar surface area (TPSA) is 25.8 Å². The number of hydrogen-bond acceptors (Lipinski definition) is 2. The second-order valence-electron chi connectivity index (χ2n) is 5.55. The van der Waals surface area contributed by atoms with E-state index < -0.39 is 0 Å². The quantitative estimate of drug-likeness (QED) is 0.352. The van der Waals surface area contributed by atoms with Crippen molar-refractivity contribution in [3.8, 4) is 11.3 Å². The van der Waals surface area contributed by atoms with Crippen LogP contribution < -0.4 is 0 Å². The molecule has 3 heteroatoms. The molecular formula is C20H15ClN2. The number of halogens is 1. The Morgan fingerprint density at radius 3 is 2.43 bits per heavy atom. The van der Waals surface area contributed by atoms with Gasteiger partial charge in [-0.1, -0.05) is 61.0 Å². The van der Waals surface area contributed by atoms with Gasteiger partial charge < -0.3 is 0 Å². The van der Waals surface area contributed by atoms with Gasteiger partial charge in [-0.15, -0.1) is 0 Å². The number of nitrogens with zero attached hydrogens (tertiary/aromatic N) is 2. The Labute approximate surface area is 139 Å². The molecular weight excluding hydrogens is 304 g/mol. The first kappa shape index (κ1) is 14.2. The van der Waals surface area contributed by atoms with Gasteiger partial charge in [-0.3, -0.25) is 0 Å². The van der Waals surface area contributed by atoms with Crippen molar-refractivity contribution in [1.82, 2.24) is 9.97 Å². The van der Waals surface area contributed by atoms with Gasteiger partial charge in [-0.25, -0.2) is 9.97 Å². The first-order chi connectivity index (χ1) is 11.3. The maximum absolute atomic E-state index is 6.11. The Hall–Kier alpha value is -2.45. The van der Waals surface area contributed by atoms with E-state index in [2.05, 4.69) is 42.2 Å². The highest BCUT2D eigenvalue weighted by molar-refractivity contribution is 6.30. The van der Waals surface area contributed by atoms with E-state index in [9.17, 15) is 0 Å². The lowest BCUT2D eigenvalue weighted by Gasteiger charge is -2.10. The lowest BCUT2D eigenvalue weighted by molar-refractivity contribution is 1.15. The summed E-state index contributed by atoms with van der Waals surface area (Å²) in [6.07, 6.45) is 0.949. The van der Waals surface area contributed by atoms with Gasteiger partial charge in [0.05, 0.1) is 16.7 Å². The molecule has 23 heavy (non-hydrogen) atoms. The van der Waals surface area contributed by atoms with E-state index in [0.29, 0.717) is 5.15 Å². The third-order valence-electron chi connectivity index (χ3n) is 4.14. The summed E-state index contributed by atoms with van der Waals surface area (Å²) in [5.74, 6) is 0. The summed E-state index contributed by atoms with van der Waals surface area (Å²) in [5, 5.41) is 2.70. The molecule has 112 valence electrons. The van der Waals surface area contributed by atoms with Gasteiger partial charge in [0, 0.05) is 16.3 Å². The van der Waals surface area contributed by atoms with E-state index in [1.165, 1.54) is 5.56 Å². The molecule has 0 fully saturated rings. The number of hydrogen-bond donors (Lipinski definition) is 0. The SMILES string of the molecule is CCc1cc(-c2ccccc2)nc2c1ccc1ccc(Cl)nc12. The average molecular weight is 319 g/mol.